The van der Waals surface area contributed by atoms with E-state index >= 15 is 0 Å². The van der Waals surface area contributed by atoms with Gasteiger partial charge in [-0.1, -0.05) is 0 Å². The van der Waals surface area contributed by atoms with E-state index in [4.69, 9.17) is 0 Å². The Morgan fingerprint density at radius 2 is 1.31 bits per heavy atom. The average Bonchev–Trinajstić information content (AvgIpc) is 1.77. The number of alkyl halides is 6. The average molecular weight is 212 g/mol. The molecule has 0 rings (SSSR count). The lowest BCUT2D eigenvalue weighted by atomic mass is 10.1. The molecular weight excluding hydrogens is 209 g/mol. The van der Waals surface area contributed by atoms with Gasteiger partial charge in [0.15, 0.2) is 5.92 Å². The van der Waals surface area contributed by atoms with Crippen LogP contribution in [0.15, 0.2) is 0 Å². The summed E-state index contributed by atoms with van der Waals surface area (Å²) in [5.74, 6) is -3.92. The standard InChI is InChI=1S/C5H3F7O/c6-3(13)1-2(4(7,8)9)5(10,11)12/h2H,1H2. The highest BCUT2D eigenvalue weighted by Gasteiger charge is 2.57. The van der Waals surface area contributed by atoms with Crippen LogP contribution in [-0.4, -0.2) is 18.4 Å². The molecule has 1 nitrogen and oxygen atoms in total. The summed E-state index contributed by atoms with van der Waals surface area (Å²) < 4.78 is 80.6. The molecule has 0 spiro atoms. The smallest absolute Gasteiger partial charge is 0.261 e. The molecule has 78 valence electrons. The van der Waals surface area contributed by atoms with Crippen LogP contribution in [0.3, 0.4) is 0 Å². The monoisotopic (exact) mass is 212 g/mol. The van der Waals surface area contributed by atoms with Gasteiger partial charge in [0.1, 0.15) is 0 Å². The van der Waals surface area contributed by atoms with E-state index in [-0.39, 0.29) is 0 Å². The van der Waals surface area contributed by atoms with Crippen molar-refractivity contribution in [2.24, 2.45) is 5.92 Å². The number of carbonyl (C=O) groups is 1. The van der Waals surface area contributed by atoms with Crippen molar-refractivity contribution in [3.8, 4) is 0 Å². The van der Waals surface area contributed by atoms with Crippen LogP contribution >= 0.6 is 0 Å². The first-order chi connectivity index (χ1) is 5.55. The van der Waals surface area contributed by atoms with Crippen molar-refractivity contribution in [2.75, 3.05) is 0 Å². The van der Waals surface area contributed by atoms with Crippen molar-refractivity contribution >= 4 is 6.04 Å². The van der Waals surface area contributed by atoms with E-state index in [0.717, 1.165) is 0 Å². The largest absolute Gasteiger partial charge is 0.401 e. The molecule has 0 atom stereocenters. The van der Waals surface area contributed by atoms with Gasteiger partial charge in [-0.3, -0.25) is 4.79 Å². The summed E-state index contributed by atoms with van der Waals surface area (Å²) in [4.78, 5) is 9.48. The summed E-state index contributed by atoms with van der Waals surface area (Å²) in [6.07, 6.45) is -13.5. The molecule has 0 aliphatic heterocycles. The lowest BCUT2D eigenvalue weighted by Gasteiger charge is -2.20. The third-order valence-corrected chi connectivity index (χ3v) is 1.15. The predicted octanol–water partition coefficient (Wildman–Crippen LogP) is 2.61. The number of carbonyl (C=O) groups excluding carboxylic acids is 1. The number of hydrogen-bond donors (Lipinski definition) is 0. The molecule has 0 heterocycles. The van der Waals surface area contributed by atoms with Gasteiger partial charge < -0.3 is 0 Å². The first-order valence-electron chi connectivity index (χ1n) is 2.87. The van der Waals surface area contributed by atoms with Crippen molar-refractivity contribution in [2.45, 2.75) is 18.8 Å². The van der Waals surface area contributed by atoms with Gasteiger partial charge in [-0.25, -0.2) is 0 Å². The van der Waals surface area contributed by atoms with Gasteiger partial charge in [-0.2, -0.15) is 30.7 Å². The first kappa shape index (κ1) is 12.2. The zero-order valence-corrected chi connectivity index (χ0v) is 5.84. The van der Waals surface area contributed by atoms with Gasteiger partial charge in [0.05, 0.1) is 6.42 Å². The van der Waals surface area contributed by atoms with Gasteiger partial charge in [0.2, 0.25) is 0 Å². The van der Waals surface area contributed by atoms with Crippen molar-refractivity contribution < 1.29 is 35.5 Å². The Morgan fingerprint density at radius 3 is 1.38 bits per heavy atom. The van der Waals surface area contributed by atoms with Gasteiger partial charge in [-0.05, 0) is 0 Å². The summed E-state index contributed by atoms with van der Waals surface area (Å²) in [5, 5.41) is 0. The molecule has 0 fully saturated rings. The highest BCUT2D eigenvalue weighted by molar-refractivity contribution is 5.68. The van der Waals surface area contributed by atoms with E-state index in [1.807, 2.05) is 0 Å². The van der Waals surface area contributed by atoms with E-state index in [9.17, 15) is 35.5 Å². The predicted molar refractivity (Wildman–Crippen MR) is 26.3 cm³/mol. The molecular formula is C5H3F7O. The summed E-state index contributed by atoms with van der Waals surface area (Å²) in [7, 11) is 0. The molecule has 8 heteroatoms. The minimum Gasteiger partial charge on any atom is -0.261 e. The molecule has 0 bridgehead atoms. The Kier molecular flexibility index (Phi) is 3.28. The number of rotatable bonds is 2. The molecule has 0 N–H and O–H groups in total. The molecule has 0 unspecified atom stereocenters. The van der Waals surface area contributed by atoms with E-state index < -0.39 is 30.7 Å². The second-order valence-electron chi connectivity index (χ2n) is 2.20. The molecule has 0 aromatic heterocycles. The zero-order chi connectivity index (χ0) is 10.9. The van der Waals surface area contributed by atoms with Crippen LogP contribution in [0.25, 0.3) is 0 Å². The normalized spacial score (nSPS) is 13.5. The second-order valence-corrected chi connectivity index (χ2v) is 2.20. The highest BCUT2D eigenvalue weighted by atomic mass is 19.4. The van der Waals surface area contributed by atoms with Crippen LogP contribution in [0.2, 0.25) is 0 Å². The number of halogens is 7. The van der Waals surface area contributed by atoms with E-state index in [2.05, 4.69) is 0 Å². The lowest BCUT2D eigenvalue weighted by molar-refractivity contribution is -0.284. The van der Waals surface area contributed by atoms with E-state index in [1.165, 1.54) is 0 Å². The van der Waals surface area contributed by atoms with Crippen molar-refractivity contribution in [3.63, 3.8) is 0 Å². The van der Waals surface area contributed by atoms with Crippen molar-refractivity contribution in [1.82, 2.24) is 0 Å². The van der Waals surface area contributed by atoms with Gasteiger partial charge in [-0.15, -0.1) is 0 Å². The van der Waals surface area contributed by atoms with Crippen LogP contribution in [-0.2, 0) is 4.79 Å². The van der Waals surface area contributed by atoms with Crippen LogP contribution in [0, 0.1) is 5.92 Å². The fraction of sp³-hybridized carbons (Fsp3) is 0.800. The lowest BCUT2D eigenvalue weighted by Crippen LogP contribution is -2.37. The third kappa shape index (κ3) is 4.09. The summed E-state index contributed by atoms with van der Waals surface area (Å²) in [5.41, 5.74) is 0. The van der Waals surface area contributed by atoms with Crippen LogP contribution in [0.5, 0.6) is 0 Å². The summed E-state index contributed by atoms with van der Waals surface area (Å²) in [6.45, 7) is 0. The molecule has 0 aliphatic rings. The SMILES string of the molecule is O=C(F)CC(C(F)(F)F)C(F)(F)F. The number of hydrogen-bond acceptors (Lipinski definition) is 1. The minimum absolute atomic E-state index is 2.22. The van der Waals surface area contributed by atoms with Gasteiger partial charge >= 0.3 is 18.4 Å². The minimum atomic E-state index is -5.65. The van der Waals surface area contributed by atoms with Crippen LogP contribution in [0.1, 0.15) is 6.42 Å². The van der Waals surface area contributed by atoms with Crippen molar-refractivity contribution in [3.05, 3.63) is 0 Å². The maximum absolute atomic E-state index is 11.5. The Bertz CT molecular complexity index is 176. The fourth-order valence-corrected chi connectivity index (χ4v) is 0.578. The summed E-state index contributed by atoms with van der Waals surface area (Å²) in [6, 6.07) is -2.64. The van der Waals surface area contributed by atoms with E-state index in [0.29, 0.717) is 0 Å². The molecule has 0 aliphatic carbocycles. The zero-order valence-electron chi connectivity index (χ0n) is 5.84. The molecule has 0 radical (unpaired) electrons. The quantitative estimate of drug-likeness (QED) is 0.507. The van der Waals surface area contributed by atoms with Crippen LogP contribution in [0.4, 0.5) is 30.7 Å². The Morgan fingerprint density at radius 1 is 1.00 bits per heavy atom. The molecule has 0 amide bonds. The van der Waals surface area contributed by atoms with E-state index in [1.54, 1.807) is 0 Å². The molecule has 0 aromatic carbocycles. The molecule has 0 saturated heterocycles. The van der Waals surface area contributed by atoms with Crippen LogP contribution < -0.4 is 0 Å². The summed E-state index contributed by atoms with van der Waals surface area (Å²) >= 11 is 0. The highest BCUT2D eigenvalue weighted by Crippen LogP contribution is 2.41. The maximum Gasteiger partial charge on any atom is 0.401 e. The molecule has 0 aromatic rings. The Hall–Kier alpha value is -0.820. The molecule has 13 heavy (non-hydrogen) atoms. The Labute approximate surface area is 67.5 Å². The Balaban J connectivity index is 4.68. The molecule has 0 saturated carbocycles. The first-order valence-corrected chi connectivity index (χ1v) is 2.87. The maximum atomic E-state index is 11.5. The van der Waals surface area contributed by atoms with Crippen molar-refractivity contribution in [1.29, 1.82) is 0 Å². The van der Waals surface area contributed by atoms with Gasteiger partial charge in [0.25, 0.3) is 0 Å². The van der Waals surface area contributed by atoms with Gasteiger partial charge in [0, 0.05) is 0 Å². The second kappa shape index (κ2) is 3.51. The topological polar surface area (TPSA) is 17.1 Å². The fourth-order valence-electron chi connectivity index (χ4n) is 0.578. The third-order valence-electron chi connectivity index (χ3n) is 1.15.